The molecule has 1 aromatic rings. The van der Waals surface area contributed by atoms with Crippen LogP contribution in [0.1, 0.15) is 30.7 Å². The maximum Gasteiger partial charge on any atom is 0.0108 e. The second-order valence-corrected chi connectivity index (χ2v) is 6.71. The lowest BCUT2D eigenvalue weighted by molar-refractivity contribution is 0.330. The summed E-state index contributed by atoms with van der Waals surface area (Å²) in [6.07, 6.45) is 4.11. The summed E-state index contributed by atoms with van der Waals surface area (Å²) >= 11 is 2.01. The van der Waals surface area contributed by atoms with Crippen LogP contribution in [0, 0.1) is 0 Å². The molecule has 0 bridgehead atoms. The molecule has 2 heterocycles. The first-order chi connectivity index (χ1) is 9.43. The average Bonchev–Trinajstić information content (AvgIpc) is 3.08. The SMILES string of the molecule is c1ccc2c(c1)SCC2CNCCCN1CCCC1. The van der Waals surface area contributed by atoms with Gasteiger partial charge in [0.2, 0.25) is 0 Å². The fourth-order valence-corrected chi connectivity index (χ4v) is 4.36. The van der Waals surface area contributed by atoms with Crippen LogP contribution in [0.2, 0.25) is 0 Å². The molecule has 0 amide bonds. The van der Waals surface area contributed by atoms with Crippen molar-refractivity contribution in [2.75, 3.05) is 38.5 Å². The minimum absolute atomic E-state index is 0.716. The van der Waals surface area contributed by atoms with Gasteiger partial charge < -0.3 is 10.2 Å². The number of hydrogen-bond donors (Lipinski definition) is 1. The molecule has 0 radical (unpaired) electrons. The van der Waals surface area contributed by atoms with Crippen molar-refractivity contribution in [2.45, 2.75) is 30.1 Å². The Morgan fingerprint density at radius 1 is 1.21 bits per heavy atom. The number of rotatable bonds is 6. The van der Waals surface area contributed by atoms with E-state index in [4.69, 9.17) is 0 Å². The minimum Gasteiger partial charge on any atom is -0.316 e. The standard InChI is InChI=1S/C16H24N2S/c1-2-7-16-15(6-1)14(13-19-16)12-17-8-5-11-18-9-3-4-10-18/h1-2,6-7,14,17H,3-5,8-13H2. The zero-order valence-corrected chi connectivity index (χ0v) is 12.4. The summed E-state index contributed by atoms with van der Waals surface area (Å²) in [6.45, 7) is 6.24. The Labute approximate surface area is 121 Å². The summed E-state index contributed by atoms with van der Waals surface area (Å²) in [5.41, 5.74) is 1.56. The highest BCUT2D eigenvalue weighted by atomic mass is 32.2. The van der Waals surface area contributed by atoms with Gasteiger partial charge >= 0.3 is 0 Å². The molecular formula is C16H24N2S. The predicted molar refractivity (Wildman–Crippen MR) is 83.1 cm³/mol. The molecule has 2 aliphatic rings. The summed E-state index contributed by atoms with van der Waals surface area (Å²) in [5.74, 6) is 1.96. The van der Waals surface area contributed by atoms with E-state index in [1.165, 1.54) is 56.1 Å². The summed E-state index contributed by atoms with van der Waals surface area (Å²) in [7, 11) is 0. The van der Waals surface area contributed by atoms with Crippen LogP contribution >= 0.6 is 11.8 Å². The van der Waals surface area contributed by atoms with E-state index in [-0.39, 0.29) is 0 Å². The molecule has 1 unspecified atom stereocenters. The molecule has 1 atom stereocenters. The van der Waals surface area contributed by atoms with Crippen molar-refractivity contribution in [3.05, 3.63) is 29.8 Å². The molecule has 3 heteroatoms. The van der Waals surface area contributed by atoms with Crippen LogP contribution < -0.4 is 5.32 Å². The summed E-state index contributed by atoms with van der Waals surface area (Å²) in [4.78, 5) is 4.09. The first-order valence-electron chi connectivity index (χ1n) is 7.58. The first-order valence-corrected chi connectivity index (χ1v) is 8.57. The van der Waals surface area contributed by atoms with E-state index >= 15 is 0 Å². The number of hydrogen-bond acceptors (Lipinski definition) is 3. The van der Waals surface area contributed by atoms with Crippen LogP contribution in [-0.4, -0.2) is 43.4 Å². The highest BCUT2D eigenvalue weighted by Gasteiger charge is 2.21. The number of likely N-dealkylation sites (tertiary alicyclic amines) is 1. The van der Waals surface area contributed by atoms with Crippen molar-refractivity contribution in [1.82, 2.24) is 10.2 Å². The van der Waals surface area contributed by atoms with E-state index in [1.807, 2.05) is 11.8 Å². The van der Waals surface area contributed by atoms with Gasteiger partial charge in [-0.1, -0.05) is 18.2 Å². The summed E-state index contributed by atoms with van der Waals surface area (Å²) < 4.78 is 0. The smallest absolute Gasteiger partial charge is 0.0108 e. The predicted octanol–water partition coefficient (Wildman–Crippen LogP) is 2.95. The lowest BCUT2D eigenvalue weighted by Crippen LogP contribution is -2.27. The lowest BCUT2D eigenvalue weighted by atomic mass is 10.0. The number of nitrogens with one attached hydrogen (secondary N) is 1. The number of benzene rings is 1. The van der Waals surface area contributed by atoms with Crippen molar-refractivity contribution in [3.63, 3.8) is 0 Å². The van der Waals surface area contributed by atoms with Gasteiger partial charge in [0, 0.05) is 23.1 Å². The molecular weight excluding hydrogens is 252 g/mol. The van der Waals surface area contributed by atoms with Gasteiger partial charge in [-0.3, -0.25) is 0 Å². The minimum atomic E-state index is 0.716. The molecule has 1 N–H and O–H groups in total. The monoisotopic (exact) mass is 276 g/mol. The molecule has 2 nitrogen and oxygen atoms in total. The number of nitrogens with zero attached hydrogens (tertiary/aromatic N) is 1. The molecule has 19 heavy (non-hydrogen) atoms. The highest BCUT2D eigenvalue weighted by molar-refractivity contribution is 7.99. The Hall–Kier alpha value is -0.510. The zero-order chi connectivity index (χ0) is 12.9. The van der Waals surface area contributed by atoms with Gasteiger partial charge in [0.15, 0.2) is 0 Å². The van der Waals surface area contributed by atoms with Gasteiger partial charge in [0.1, 0.15) is 0 Å². The van der Waals surface area contributed by atoms with Crippen molar-refractivity contribution >= 4 is 11.8 Å². The maximum absolute atomic E-state index is 3.65. The second-order valence-electron chi connectivity index (χ2n) is 5.65. The van der Waals surface area contributed by atoms with E-state index < -0.39 is 0 Å². The topological polar surface area (TPSA) is 15.3 Å². The van der Waals surface area contributed by atoms with Gasteiger partial charge in [0.05, 0.1) is 0 Å². The van der Waals surface area contributed by atoms with Crippen LogP contribution in [0.25, 0.3) is 0 Å². The van der Waals surface area contributed by atoms with Crippen LogP contribution in [0.5, 0.6) is 0 Å². The van der Waals surface area contributed by atoms with E-state index in [2.05, 4.69) is 34.5 Å². The summed E-state index contributed by atoms with van der Waals surface area (Å²) in [6, 6.07) is 8.88. The van der Waals surface area contributed by atoms with Gasteiger partial charge in [-0.25, -0.2) is 0 Å². The molecule has 0 aromatic heterocycles. The largest absolute Gasteiger partial charge is 0.316 e. The van der Waals surface area contributed by atoms with E-state index in [0.717, 1.165) is 6.54 Å². The van der Waals surface area contributed by atoms with Crippen molar-refractivity contribution < 1.29 is 0 Å². The van der Waals surface area contributed by atoms with Gasteiger partial charge in [-0.15, -0.1) is 11.8 Å². The quantitative estimate of drug-likeness (QED) is 0.804. The molecule has 3 rings (SSSR count). The average molecular weight is 276 g/mol. The first kappa shape index (κ1) is 13.5. The Kier molecular flexibility index (Phi) is 4.81. The Balaban J connectivity index is 1.34. The molecule has 1 fully saturated rings. The third-order valence-electron chi connectivity index (χ3n) is 4.22. The van der Waals surface area contributed by atoms with Crippen LogP contribution in [0.3, 0.4) is 0 Å². The maximum atomic E-state index is 3.65. The van der Waals surface area contributed by atoms with Crippen LogP contribution in [0.4, 0.5) is 0 Å². The van der Waals surface area contributed by atoms with Gasteiger partial charge in [0.25, 0.3) is 0 Å². The summed E-state index contributed by atoms with van der Waals surface area (Å²) in [5, 5.41) is 3.65. The third kappa shape index (κ3) is 3.53. The number of fused-ring (bicyclic) bond motifs is 1. The third-order valence-corrected chi connectivity index (χ3v) is 5.47. The Morgan fingerprint density at radius 3 is 2.95 bits per heavy atom. The van der Waals surface area contributed by atoms with E-state index in [1.54, 1.807) is 5.56 Å². The molecule has 0 saturated carbocycles. The van der Waals surface area contributed by atoms with Gasteiger partial charge in [-0.05, 0) is 57.1 Å². The molecule has 1 saturated heterocycles. The van der Waals surface area contributed by atoms with E-state index in [0.29, 0.717) is 5.92 Å². The van der Waals surface area contributed by atoms with E-state index in [9.17, 15) is 0 Å². The Bertz CT molecular complexity index is 401. The van der Waals surface area contributed by atoms with Crippen LogP contribution in [0.15, 0.2) is 29.2 Å². The molecule has 2 aliphatic heterocycles. The van der Waals surface area contributed by atoms with Crippen molar-refractivity contribution in [2.24, 2.45) is 0 Å². The fraction of sp³-hybridized carbons (Fsp3) is 0.625. The number of thioether (sulfide) groups is 1. The normalized spacial score (nSPS) is 22.8. The molecule has 0 spiro atoms. The Morgan fingerprint density at radius 2 is 2.05 bits per heavy atom. The molecule has 1 aromatic carbocycles. The second kappa shape index (κ2) is 6.78. The van der Waals surface area contributed by atoms with Crippen LogP contribution in [-0.2, 0) is 0 Å². The molecule has 0 aliphatic carbocycles. The lowest BCUT2D eigenvalue weighted by Gasteiger charge is -2.15. The highest BCUT2D eigenvalue weighted by Crippen LogP contribution is 2.38. The molecule has 104 valence electrons. The van der Waals surface area contributed by atoms with Crippen molar-refractivity contribution in [3.8, 4) is 0 Å². The van der Waals surface area contributed by atoms with Gasteiger partial charge in [-0.2, -0.15) is 0 Å². The fourth-order valence-electron chi connectivity index (χ4n) is 3.11. The zero-order valence-electron chi connectivity index (χ0n) is 11.6. The van der Waals surface area contributed by atoms with Crippen molar-refractivity contribution in [1.29, 1.82) is 0 Å².